The van der Waals surface area contributed by atoms with Crippen LogP contribution < -0.4 is 4.90 Å². The van der Waals surface area contributed by atoms with Crippen molar-refractivity contribution in [2.75, 3.05) is 19.0 Å². The van der Waals surface area contributed by atoms with Crippen molar-refractivity contribution in [3.8, 4) is 0 Å². The molecule has 0 atom stereocenters. The molecule has 6 heteroatoms. The molecule has 0 N–H and O–H groups in total. The molecule has 96 valence electrons. The highest BCUT2D eigenvalue weighted by molar-refractivity contribution is 7.90. The van der Waals surface area contributed by atoms with Crippen LogP contribution in [0, 0.1) is 0 Å². The number of benzene rings is 1. The molecule has 0 saturated carbocycles. The largest absolute Gasteiger partial charge is 0.354 e. The SMILES string of the molecule is CN(C)c1nc(CS(=O)(=O)c2ccccc2)cs1. The lowest BCUT2D eigenvalue weighted by atomic mass is 10.4. The monoisotopic (exact) mass is 282 g/mol. The van der Waals surface area contributed by atoms with E-state index in [4.69, 9.17) is 0 Å². The van der Waals surface area contributed by atoms with Crippen LogP contribution in [-0.2, 0) is 15.6 Å². The molecule has 0 bridgehead atoms. The molecule has 18 heavy (non-hydrogen) atoms. The number of nitrogens with zero attached hydrogens (tertiary/aromatic N) is 2. The predicted octanol–water partition coefficient (Wildman–Crippen LogP) is 2.18. The standard InChI is InChI=1S/C12H14N2O2S2/c1-14(2)12-13-10(8-17-12)9-18(15,16)11-6-4-3-5-7-11/h3-8H,9H2,1-2H3. The summed E-state index contributed by atoms with van der Waals surface area (Å²) in [5.74, 6) is -0.0542. The lowest BCUT2D eigenvalue weighted by Gasteiger charge is -2.05. The summed E-state index contributed by atoms with van der Waals surface area (Å²) in [4.78, 5) is 6.49. The molecule has 0 unspecified atom stereocenters. The Bertz CT molecular complexity index is 619. The van der Waals surface area contributed by atoms with Gasteiger partial charge >= 0.3 is 0 Å². The van der Waals surface area contributed by atoms with E-state index in [0.29, 0.717) is 10.6 Å². The van der Waals surface area contributed by atoms with Crippen molar-refractivity contribution in [1.29, 1.82) is 0 Å². The second-order valence-corrected chi connectivity index (χ2v) is 6.91. The predicted molar refractivity (Wildman–Crippen MR) is 73.8 cm³/mol. The number of rotatable bonds is 4. The molecule has 2 rings (SSSR count). The van der Waals surface area contributed by atoms with Crippen LogP contribution in [0.25, 0.3) is 0 Å². The summed E-state index contributed by atoms with van der Waals surface area (Å²) in [5, 5.41) is 2.60. The Labute approximate surface area is 111 Å². The minimum Gasteiger partial charge on any atom is -0.354 e. The highest BCUT2D eigenvalue weighted by Gasteiger charge is 2.17. The number of aromatic nitrogens is 1. The van der Waals surface area contributed by atoms with Crippen LogP contribution in [0.15, 0.2) is 40.6 Å². The molecule has 2 aromatic rings. The van der Waals surface area contributed by atoms with Gasteiger partial charge in [-0.2, -0.15) is 0 Å². The third kappa shape index (κ3) is 2.88. The van der Waals surface area contributed by atoms with Gasteiger partial charge in [0.2, 0.25) is 0 Å². The number of anilines is 1. The van der Waals surface area contributed by atoms with Gasteiger partial charge in [-0.25, -0.2) is 13.4 Å². The Morgan fingerprint density at radius 1 is 1.22 bits per heavy atom. The highest BCUT2D eigenvalue weighted by atomic mass is 32.2. The summed E-state index contributed by atoms with van der Waals surface area (Å²) >= 11 is 1.44. The second-order valence-electron chi connectivity index (χ2n) is 4.09. The first-order valence-electron chi connectivity index (χ1n) is 5.38. The summed E-state index contributed by atoms with van der Waals surface area (Å²) in [6, 6.07) is 8.45. The van der Waals surface area contributed by atoms with Gasteiger partial charge in [0.15, 0.2) is 15.0 Å². The van der Waals surface area contributed by atoms with E-state index in [1.807, 2.05) is 19.0 Å². The summed E-state index contributed by atoms with van der Waals surface area (Å²) in [6.45, 7) is 0. The molecule has 0 fully saturated rings. The molecular weight excluding hydrogens is 268 g/mol. The van der Waals surface area contributed by atoms with E-state index in [9.17, 15) is 8.42 Å². The maximum atomic E-state index is 12.1. The first-order valence-corrected chi connectivity index (χ1v) is 7.92. The van der Waals surface area contributed by atoms with E-state index in [1.165, 1.54) is 11.3 Å². The Hall–Kier alpha value is -1.40. The first-order chi connectivity index (χ1) is 8.49. The fourth-order valence-electron chi connectivity index (χ4n) is 1.47. The quantitative estimate of drug-likeness (QED) is 0.862. The molecule has 0 radical (unpaired) electrons. The van der Waals surface area contributed by atoms with E-state index in [-0.39, 0.29) is 5.75 Å². The second kappa shape index (κ2) is 5.07. The molecule has 1 aromatic carbocycles. The van der Waals surface area contributed by atoms with E-state index < -0.39 is 9.84 Å². The molecular formula is C12H14N2O2S2. The van der Waals surface area contributed by atoms with Crippen LogP contribution in [0.3, 0.4) is 0 Å². The van der Waals surface area contributed by atoms with Gasteiger partial charge in [-0.05, 0) is 12.1 Å². The number of hydrogen-bond acceptors (Lipinski definition) is 5. The smallest absolute Gasteiger partial charge is 0.185 e. The van der Waals surface area contributed by atoms with E-state index in [0.717, 1.165) is 5.13 Å². The zero-order valence-corrected chi connectivity index (χ0v) is 11.8. The minimum atomic E-state index is -3.30. The van der Waals surface area contributed by atoms with Crippen molar-refractivity contribution in [1.82, 2.24) is 4.98 Å². The fourth-order valence-corrected chi connectivity index (χ4v) is 3.61. The van der Waals surface area contributed by atoms with Crippen molar-refractivity contribution in [2.45, 2.75) is 10.6 Å². The number of hydrogen-bond donors (Lipinski definition) is 0. The van der Waals surface area contributed by atoms with Crippen molar-refractivity contribution in [3.63, 3.8) is 0 Å². The molecule has 0 amide bonds. The molecule has 0 aliphatic rings. The Kier molecular flexibility index (Phi) is 3.68. The van der Waals surface area contributed by atoms with Crippen LogP contribution in [-0.4, -0.2) is 27.5 Å². The molecule has 1 heterocycles. The molecule has 0 aliphatic heterocycles. The van der Waals surface area contributed by atoms with Gasteiger partial charge in [0, 0.05) is 19.5 Å². The van der Waals surface area contributed by atoms with Crippen molar-refractivity contribution in [3.05, 3.63) is 41.4 Å². The van der Waals surface area contributed by atoms with Gasteiger partial charge in [-0.15, -0.1) is 11.3 Å². The highest BCUT2D eigenvalue weighted by Crippen LogP contribution is 2.21. The molecule has 4 nitrogen and oxygen atoms in total. The van der Waals surface area contributed by atoms with E-state index in [2.05, 4.69) is 4.98 Å². The zero-order valence-electron chi connectivity index (χ0n) is 10.2. The first kappa shape index (κ1) is 13.0. The van der Waals surface area contributed by atoms with Crippen LogP contribution >= 0.6 is 11.3 Å². The van der Waals surface area contributed by atoms with Crippen LogP contribution in [0.2, 0.25) is 0 Å². The maximum absolute atomic E-state index is 12.1. The van der Waals surface area contributed by atoms with Crippen LogP contribution in [0.4, 0.5) is 5.13 Å². The van der Waals surface area contributed by atoms with E-state index >= 15 is 0 Å². The lowest BCUT2D eigenvalue weighted by molar-refractivity contribution is 0.595. The van der Waals surface area contributed by atoms with Crippen molar-refractivity contribution < 1.29 is 8.42 Å². The topological polar surface area (TPSA) is 50.3 Å². The molecule has 0 saturated heterocycles. The third-order valence-electron chi connectivity index (χ3n) is 2.36. The van der Waals surface area contributed by atoms with Crippen LogP contribution in [0.5, 0.6) is 0 Å². The third-order valence-corrected chi connectivity index (χ3v) is 5.09. The zero-order chi connectivity index (χ0) is 13.2. The van der Waals surface area contributed by atoms with Gasteiger partial charge in [0.1, 0.15) is 0 Å². The summed E-state index contributed by atoms with van der Waals surface area (Å²) in [6.07, 6.45) is 0. The average molecular weight is 282 g/mol. The summed E-state index contributed by atoms with van der Waals surface area (Å²) in [5.41, 5.74) is 0.590. The lowest BCUT2D eigenvalue weighted by Crippen LogP contribution is -2.09. The van der Waals surface area contributed by atoms with Gasteiger partial charge in [0.25, 0.3) is 0 Å². The van der Waals surface area contributed by atoms with Crippen molar-refractivity contribution in [2.24, 2.45) is 0 Å². The molecule has 1 aromatic heterocycles. The maximum Gasteiger partial charge on any atom is 0.185 e. The number of thiazole rings is 1. The van der Waals surface area contributed by atoms with Gasteiger partial charge in [0.05, 0.1) is 16.3 Å². The van der Waals surface area contributed by atoms with Gasteiger partial charge < -0.3 is 4.90 Å². The van der Waals surface area contributed by atoms with Crippen molar-refractivity contribution >= 4 is 26.3 Å². The Balaban J connectivity index is 2.23. The van der Waals surface area contributed by atoms with E-state index in [1.54, 1.807) is 35.7 Å². The minimum absolute atomic E-state index is 0.0542. The number of sulfone groups is 1. The Morgan fingerprint density at radius 3 is 2.44 bits per heavy atom. The normalized spacial score (nSPS) is 11.4. The average Bonchev–Trinajstić information content (AvgIpc) is 2.78. The van der Waals surface area contributed by atoms with Gasteiger partial charge in [-0.3, -0.25) is 0 Å². The van der Waals surface area contributed by atoms with Gasteiger partial charge in [-0.1, -0.05) is 18.2 Å². The van der Waals surface area contributed by atoms with Crippen LogP contribution in [0.1, 0.15) is 5.69 Å². The summed E-state index contributed by atoms with van der Waals surface area (Å²) in [7, 11) is 0.466. The Morgan fingerprint density at radius 2 is 1.89 bits per heavy atom. The molecule has 0 spiro atoms. The summed E-state index contributed by atoms with van der Waals surface area (Å²) < 4.78 is 24.3. The fraction of sp³-hybridized carbons (Fsp3) is 0.250. The molecule has 0 aliphatic carbocycles.